The number of alkyl halides is 3. The molecule has 0 aliphatic heterocycles. The maximum absolute atomic E-state index is 15.6. The predicted octanol–water partition coefficient (Wildman–Crippen LogP) is 5.66. The van der Waals surface area contributed by atoms with Crippen LogP contribution in [0.3, 0.4) is 0 Å². The van der Waals surface area contributed by atoms with Crippen LogP contribution < -0.4 is 0 Å². The van der Waals surface area contributed by atoms with Gasteiger partial charge in [0, 0.05) is 19.3 Å². The minimum atomic E-state index is -2.79. The number of hydrogen-bond acceptors (Lipinski definition) is 0. The standard InChI is InChI=1S/C18H15BF6/c20-13-4-1-7-16(23,10-13)19(17(24)8-2-5-14(21)11-17)18(25)9-3-6-15(22)12-18/h1-9H,10-12H2. The van der Waals surface area contributed by atoms with Gasteiger partial charge in [-0.05, 0) is 18.2 Å². The molecule has 0 aromatic carbocycles. The van der Waals surface area contributed by atoms with Crippen molar-refractivity contribution in [2.75, 3.05) is 0 Å². The molecular weight excluding hydrogens is 341 g/mol. The largest absolute Gasteiger partial charge is 0.291 e. The highest BCUT2D eigenvalue weighted by molar-refractivity contribution is 6.70. The maximum atomic E-state index is 15.6. The van der Waals surface area contributed by atoms with Crippen LogP contribution in [-0.2, 0) is 0 Å². The third-order valence-corrected chi connectivity index (χ3v) is 4.71. The van der Waals surface area contributed by atoms with Crippen molar-refractivity contribution in [2.24, 2.45) is 0 Å². The molecule has 25 heavy (non-hydrogen) atoms. The Kier molecular flexibility index (Phi) is 4.37. The van der Waals surface area contributed by atoms with E-state index in [4.69, 9.17) is 0 Å². The first-order valence-corrected chi connectivity index (χ1v) is 7.85. The monoisotopic (exact) mass is 356 g/mol. The summed E-state index contributed by atoms with van der Waals surface area (Å²) in [6.07, 6.45) is 5.91. The van der Waals surface area contributed by atoms with E-state index in [0.29, 0.717) is 0 Å². The van der Waals surface area contributed by atoms with Gasteiger partial charge in [0.25, 0.3) is 6.71 Å². The number of rotatable bonds is 3. The fourth-order valence-corrected chi connectivity index (χ4v) is 3.86. The van der Waals surface area contributed by atoms with Crippen molar-refractivity contribution >= 4 is 6.71 Å². The fraction of sp³-hybridized carbons (Fsp3) is 0.333. The molecule has 3 aliphatic rings. The summed E-state index contributed by atoms with van der Waals surface area (Å²) in [6.45, 7) is -2.17. The van der Waals surface area contributed by atoms with Gasteiger partial charge in [-0.2, -0.15) is 0 Å². The summed E-state index contributed by atoms with van der Waals surface area (Å²) >= 11 is 0. The van der Waals surface area contributed by atoms with Crippen LogP contribution in [0.1, 0.15) is 19.3 Å². The third kappa shape index (κ3) is 3.28. The first kappa shape index (κ1) is 17.9. The average molecular weight is 356 g/mol. The zero-order chi connectivity index (χ0) is 18.3. The van der Waals surface area contributed by atoms with Crippen LogP contribution in [0.5, 0.6) is 0 Å². The lowest BCUT2D eigenvalue weighted by atomic mass is 9.22. The van der Waals surface area contributed by atoms with Crippen LogP contribution >= 0.6 is 0 Å². The highest BCUT2D eigenvalue weighted by Crippen LogP contribution is 2.48. The molecule has 3 unspecified atom stereocenters. The van der Waals surface area contributed by atoms with E-state index in [1.807, 2.05) is 0 Å². The summed E-state index contributed by atoms with van der Waals surface area (Å²) in [5, 5.41) is 0. The Morgan fingerprint density at radius 2 is 0.880 bits per heavy atom. The van der Waals surface area contributed by atoms with Crippen LogP contribution in [0.2, 0.25) is 0 Å². The maximum Gasteiger partial charge on any atom is 0.291 e. The Bertz CT molecular complexity index is 649. The van der Waals surface area contributed by atoms with E-state index >= 15 is 13.2 Å². The van der Waals surface area contributed by atoms with Gasteiger partial charge in [-0.3, -0.25) is 0 Å². The lowest BCUT2D eigenvalue weighted by Crippen LogP contribution is -2.66. The van der Waals surface area contributed by atoms with Crippen molar-refractivity contribution in [2.45, 2.75) is 36.0 Å². The summed E-state index contributed by atoms with van der Waals surface area (Å²) in [7, 11) is 0. The Morgan fingerprint density at radius 3 is 1.12 bits per heavy atom. The summed E-state index contributed by atoms with van der Waals surface area (Å²) in [4.78, 5) is 0. The smallest absolute Gasteiger partial charge is 0.248 e. The summed E-state index contributed by atoms with van der Waals surface area (Å²) < 4.78 is 87.9. The fourth-order valence-electron chi connectivity index (χ4n) is 3.86. The van der Waals surface area contributed by atoms with E-state index < -0.39 is 60.2 Å². The topological polar surface area (TPSA) is 0 Å². The molecule has 0 saturated carbocycles. The SMILES string of the molecule is FC1=CC=CC(F)(B(C2(F)C=CC=C(F)C2)C2(F)C=CC=C(F)C2)C1. The van der Waals surface area contributed by atoms with E-state index in [9.17, 15) is 13.2 Å². The average Bonchev–Trinajstić information content (AvgIpc) is 2.44. The van der Waals surface area contributed by atoms with Crippen molar-refractivity contribution in [3.8, 4) is 0 Å². The first-order chi connectivity index (χ1) is 11.7. The zero-order valence-electron chi connectivity index (χ0n) is 13.2. The van der Waals surface area contributed by atoms with E-state index in [0.717, 1.165) is 54.7 Å². The van der Waals surface area contributed by atoms with Gasteiger partial charge < -0.3 is 0 Å². The molecule has 132 valence electrons. The predicted molar refractivity (Wildman–Crippen MR) is 86.1 cm³/mol. The lowest BCUT2D eigenvalue weighted by Gasteiger charge is -2.45. The summed E-state index contributed by atoms with van der Waals surface area (Å²) in [6, 6.07) is 0. The molecule has 7 heteroatoms. The van der Waals surface area contributed by atoms with Crippen LogP contribution in [0.25, 0.3) is 0 Å². The molecule has 0 saturated heterocycles. The minimum Gasteiger partial charge on any atom is -0.248 e. The second kappa shape index (κ2) is 6.11. The van der Waals surface area contributed by atoms with Crippen molar-refractivity contribution < 1.29 is 26.3 Å². The Balaban J connectivity index is 2.10. The molecule has 0 N–H and O–H groups in total. The van der Waals surface area contributed by atoms with Gasteiger partial charge >= 0.3 is 0 Å². The molecule has 0 heterocycles. The molecule has 3 rings (SSSR count). The van der Waals surface area contributed by atoms with Gasteiger partial charge in [0.05, 0.1) is 0 Å². The first-order valence-electron chi connectivity index (χ1n) is 7.85. The molecule has 0 radical (unpaired) electrons. The minimum absolute atomic E-state index is 0.859. The molecule has 0 aromatic heterocycles. The third-order valence-electron chi connectivity index (χ3n) is 4.71. The molecule has 0 fully saturated rings. The zero-order valence-corrected chi connectivity index (χ0v) is 13.2. The van der Waals surface area contributed by atoms with Crippen molar-refractivity contribution in [1.82, 2.24) is 0 Å². The highest BCUT2D eigenvalue weighted by Gasteiger charge is 2.65. The van der Waals surface area contributed by atoms with Crippen molar-refractivity contribution in [3.05, 3.63) is 72.2 Å². The van der Waals surface area contributed by atoms with Gasteiger partial charge in [0.1, 0.15) is 34.2 Å². The van der Waals surface area contributed by atoms with Crippen LogP contribution in [0.4, 0.5) is 26.3 Å². The van der Waals surface area contributed by atoms with Gasteiger partial charge in [0.2, 0.25) is 0 Å². The summed E-state index contributed by atoms with van der Waals surface area (Å²) in [5.74, 6) is -2.68. The van der Waals surface area contributed by atoms with Gasteiger partial charge in [-0.25, -0.2) is 26.3 Å². The quantitative estimate of drug-likeness (QED) is 0.452. The molecule has 3 atom stereocenters. The lowest BCUT2D eigenvalue weighted by molar-refractivity contribution is 0.206. The van der Waals surface area contributed by atoms with Crippen LogP contribution in [0.15, 0.2) is 72.2 Å². The molecule has 3 aliphatic carbocycles. The number of allylic oxidation sites excluding steroid dienone is 12. The number of hydrogen-bond donors (Lipinski definition) is 0. The van der Waals surface area contributed by atoms with Crippen molar-refractivity contribution in [3.63, 3.8) is 0 Å². The van der Waals surface area contributed by atoms with E-state index in [-0.39, 0.29) is 0 Å². The van der Waals surface area contributed by atoms with E-state index in [1.54, 1.807) is 0 Å². The van der Waals surface area contributed by atoms with Crippen LogP contribution in [-0.4, -0.2) is 23.4 Å². The Morgan fingerprint density at radius 1 is 0.600 bits per heavy atom. The molecule has 0 aromatic rings. The van der Waals surface area contributed by atoms with Gasteiger partial charge in [0.15, 0.2) is 0 Å². The molecular formula is C18H15BF6. The van der Waals surface area contributed by atoms with Crippen LogP contribution in [0, 0.1) is 0 Å². The molecule has 0 amide bonds. The highest BCUT2D eigenvalue weighted by atomic mass is 19.2. The number of halogens is 6. The van der Waals surface area contributed by atoms with E-state index in [2.05, 4.69) is 0 Å². The van der Waals surface area contributed by atoms with E-state index in [1.165, 1.54) is 0 Å². The van der Waals surface area contributed by atoms with Gasteiger partial charge in [-0.15, -0.1) is 0 Å². The molecule has 0 nitrogen and oxygen atoms in total. The molecule has 0 spiro atoms. The Hall–Kier alpha value is -1.92. The summed E-state index contributed by atoms with van der Waals surface area (Å²) in [5.41, 5.74) is -8.36. The van der Waals surface area contributed by atoms with Crippen molar-refractivity contribution in [1.29, 1.82) is 0 Å². The Labute approximate surface area is 142 Å². The van der Waals surface area contributed by atoms with Gasteiger partial charge in [-0.1, -0.05) is 36.5 Å². The normalized spacial score (nSPS) is 37.4. The molecule has 0 bridgehead atoms. The second-order valence-electron chi connectivity index (χ2n) is 6.66. The second-order valence-corrected chi connectivity index (χ2v) is 6.66.